The lowest BCUT2D eigenvalue weighted by atomic mass is 9.78. The first-order valence-corrected chi connectivity index (χ1v) is 7.24. The molecule has 1 heterocycles. The predicted octanol–water partition coefficient (Wildman–Crippen LogP) is 3.52. The van der Waals surface area contributed by atoms with Crippen molar-refractivity contribution < 1.29 is 9.84 Å². The molecule has 2 atom stereocenters. The Kier molecular flexibility index (Phi) is 3.84. The quantitative estimate of drug-likeness (QED) is 0.818. The highest BCUT2D eigenvalue weighted by atomic mass is 16.5. The van der Waals surface area contributed by atoms with Crippen molar-refractivity contribution in [1.29, 1.82) is 0 Å². The van der Waals surface area contributed by atoms with Crippen molar-refractivity contribution in [3.63, 3.8) is 0 Å². The van der Waals surface area contributed by atoms with E-state index >= 15 is 0 Å². The summed E-state index contributed by atoms with van der Waals surface area (Å²) in [6.07, 6.45) is 9.09. The molecule has 1 aliphatic carbocycles. The van der Waals surface area contributed by atoms with Crippen LogP contribution in [0.4, 0.5) is 0 Å². The van der Waals surface area contributed by atoms with Crippen LogP contribution in [0, 0.1) is 11.3 Å². The number of hydrogen-bond donors (Lipinski definition) is 1. The molecule has 2 fully saturated rings. The summed E-state index contributed by atoms with van der Waals surface area (Å²) in [6, 6.07) is 0. The third-order valence-corrected chi connectivity index (χ3v) is 4.85. The first-order valence-electron chi connectivity index (χ1n) is 7.24. The van der Waals surface area contributed by atoms with Crippen LogP contribution in [0.15, 0.2) is 0 Å². The molecule has 0 radical (unpaired) electrons. The Morgan fingerprint density at radius 1 is 1.24 bits per heavy atom. The molecule has 1 saturated heterocycles. The molecule has 2 heteroatoms. The Morgan fingerprint density at radius 3 is 2.41 bits per heavy atom. The van der Waals surface area contributed by atoms with Crippen LogP contribution in [0.2, 0.25) is 0 Å². The summed E-state index contributed by atoms with van der Waals surface area (Å²) in [7, 11) is 0. The second-order valence-corrected chi connectivity index (χ2v) is 7.15. The van der Waals surface area contributed by atoms with Gasteiger partial charge in [0.1, 0.15) is 0 Å². The third-order valence-electron chi connectivity index (χ3n) is 4.85. The van der Waals surface area contributed by atoms with Gasteiger partial charge < -0.3 is 9.84 Å². The average molecular weight is 240 g/mol. The van der Waals surface area contributed by atoms with Gasteiger partial charge in [0.05, 0.1) is 11.7 Å². The van der Waals surface area contributed by atoms with Gasteiger partial charge in [0.2, 0.25) is 0 Å². The number of aliphatic hydroxyl groups excluding tert-OH is 1. The van der Waals surface area contributed by atoms with E-state index in [1.54, 1.807) is 0 Å². The van der Waals surface area contributed by atoms with Crippen molar-refractivity contribution in [2.45, 2.75) is 77.4 Å². The maximum Gasteiger partial charge on any atom is 0.0687 e. The normalized spacial score (nSPS) is 30.0. The first-order chi connectivity index (χ1) is 7.95. The topological polar surface area (TPSA) is 29.5 Å². The summed E-state index contributed by atoms with van der Waals surface area (Å²) in [5, 5.41) is 9.52. The van der Waals surface area contributed by atoms with Crippen LogP contribution in [0.5, 0.6) is 0 Å². The standard InChI is InChI=1S/C15H28O2/c1-14(2,3)12(11-16)10-13-6-9-15(17-13)7-4-5-8-15/h12-13,16H,4-11H2,1-3H3. The van der Waals surface area contributed by atoms with Gasteiger partial charge in [-0.25, -0.2) is 0 Å². The highest BCUT2D eigenvalue weighted by Gasteiger charge is 2.43. The van der Waals surface area contributed by atoms with Crippen LogP contribution in [-0.2, 0) is 4.74 Å². The summed E-state index contributed by atoms with van der Waals surface area (Å²) in [6.45, 7) is 6.94. The van der Waals surface area contributed by atoms with Crippen molar-refractivity contribution >= 4 is 0 Å². The van der Waals surface area contributed by atoms with E-state index in [1.165, 1.54) is 38.5 Å². The minimum Gasteiger partial charge on any atom is -0.396 e. The van der Waals surface area contributed by atoms with Crippen LogP contribution in [0.1, 0.15) is 65.7 Å². The Morgan fingerprint density at radius 2 is 1.88 bits per heavy atom. The Balaban J connectivity index is 1.88. The second-order valence-electron chi connectivity index (χ2n) is 7.15. The van der Waals surface area contributed by atoms with E-state index in [9.17, 15) is 5.11 Å². The van der Waals surface area contributed by atoms with E-state index in [4.69, 9.17) is 4.74 Å². The molecule has 2 nitrogen and oxygen atoms in total. The number of rotatable bonds is 3. The van der Waals surface area contributed by atoms with Gasteiger partial charge in [-0.15, -0.1) is 0 Å². The number of hydrogen-bond acceptors (Lipinski definition) is 2. The van der Waals surface area contributed by atoms with E-state index in [0.29, 0.717) is 12.0 Å². The molecule has 2 aliphatic rings. The van der Waals surface area contributed by atoms with E-state index in [1.807, 2.05) is 0 Å². The fourth-order valence-corrected chi connectivity index (χ4v) is 3.47. The molecule has 0 bridgehead atoms. The molecule has 2 unspecified atom stereocenters. The van der Waals surface area contributed by atoms with Gasteiger partial charge in [0.25, 0.3) is 0 Å². The molecule has 0 amide bonds. The molecule has 17 heavy (non-hydrogen) atoms. The first kappa shape index (κ1) is 13.4. The molecule has 2 rings (SSSR count). The summed E-state index contributed by atoms with van der Waals surface area (Å²) in [5.41, 5.74) is 0.423. The van der Waals surface area contributed by atoms with Gasteiger partial charge in [-0.2, -0.15) is 0 Å². The van der Waals surface area contributed by atoms with Gasteiger partial charge >= 0.3 is 0 Å². The van der Waals surface area contributed by atoms with Gasteiger partial charge in [-0.3, -0.25) is 0 Å². The Labute approximate surface area is 106 Å². The highest BCUT2D eigenvalue weighted by Crippen LogP contribution is 2.45. The van der Waals surface area contributed by atoms with E-state index < -0.39 is 0 Å². The highest BCUT2D eigenvalue weighted by molar-refractivity contribution is 4.93. The molecule has 1 spiro atoms. The monoisotopic (exact) mass is 240 g/mol. The largest absolute Gasteiger partial charge is 0.396 e. The van der Waals surface area contributed by atoms with Gasteiger partial charge in [0, 0.05) is 6.61 Å². The smallest absolute Gasteiger partial charge is 0.0687 e. The molecular weight excluding hydrogens is 212 g/mol. The Hall–Kier alpha value is -0.0800. The molecule has 100 valence electrons. The molecule has 0 aromatic carbocycles. The van der Waals surface area contributed by atoms with Crippen LogP contribution >= 0.6 is 0 Å². The fraction of sp³-hybridized carbons (Fsp3) is 1.00. The van der Waals surface area contributed by atoms with Crippen LogP contribution in [-0.4, -0.2) is 23.4 Å². The lowest BCUT2D eigenvalue weighted by molar-refractivity contribution is -0.0544. The number of aliphatic hydroxyl groups is 1. The van der Waals surface area contributed by atoms with Crippen LogP contribution in [0.25, 0.3) is 0 Å². The van der Waals surface area contributed by atoms with Crippen molar-refractivity contribution in [3.05, 3.63) is 0 Å². The van der Waals surface area contributed by atoms with Gasteiger partial charge in [-0.1, -0.05) is 33.6 Å². The molecule has 0 aromatic heterocycles. The molecule has 1 aliphatic heterocycles. The van der Waals surface area contributed by atoms with Crippen molar-refractivity contribution in [2.75, 3.05) is 6.61 Å². The van der Waals surface area contributed by atoms with Crippen molar-refractivity contribution in [3.8, 4) is 0 Å². The van der Waals surface area contributed by atoms with E-state index in [0.717, 1.165) is 6.42 Å². The Bertz CT molecular complexity index is 248. The maximum absolute atomic E-state index is 9.52. The zero-order valence-corrected chi connectivity index (χ0v) is 11.7. The van der Waals surface area contributed by atoms with E-state index in [2.05, 4.69) is 20.8 Å². The fourth-order valence-electron chi connectivity index (χ4n) is 3.47. The van der Waals surface area contributed by atoms with Crippen molar-refractivity contribution in [1.82, 2.24) is 0 Å². The second kappa shape index (κ2) is 4.89. The van der Waals surface area contributed by atoms with Crippen LogP contribution < -0.4 is 0 Å². The SMILES string of the molecule is CC(C)(C)C(CO)CC1CCC2(CCCC2)O1. The predicted molar refractivity (Wildman–Crippen MR) is 70.0 cm³/mol. The van der Waals surface area contributed by atoms with Crippen molar-refractivity contribution in [2.24, 2.45) is 11.3 Å². The summed E-state index contributed by atoms with van der Waals surface area (Å²) < 4.78 is 6.33. The van der Waals surface area contributed by atoms with Gasteiger partial charge in [-0.05, 0) is 43.4 Å². The maximum atomic E-state index is 9.52. The zero-order valence-electron chi connectivity index (χ0n) is 11.7. The van der Waals surface area contributed by atoms with E-state index in [-0.39, 0.29) is 17.6 Å². The molecule has 0 aromatic rings. The molecular formula is C15H28O2. The number of ether oxygens (including phenoxy) is 1. The summed E-state index contributed by atoms with van der Waals surface area (Å²) >= 11 is 0. The minimum absolute atomic E-state index is 0.184. The third kappa shape index (κ3) is 3.03. The average Bonchev–Trinajstić information content (AvgIpc) is 2.85. The summed E-state index contributed by atoms with van der Waals surface area (Å²) in [4.78, 5) is 0. The van der Waals surface area contributed by atoms with Crippen LogP contribution in [0.3, 0.4) is 0 Å². The summed E-state index contributed by atoms with van der Waals surface area (Å²) in [5.74, 6) is 0.365. The van der Waals surface area contributed by atoms with Gasteiger partial charge in [0.15, 0.2) is 0 Å². The lowest BCUT2D eigenvalue weighted by Crippen LogP contribution is -2.30. The zero-order chi connectivity index (χ0) is 12.5. The lowest BCUT2D eigenvalue weighted by Gasteiger charge is -2.32. The molecule has 1 N–H and O–H groups in total. The molecule has 1 saturated carbocycles. The minimum atomic E-state index is 0.184.